The summed E-state index contributed by atoms with van der Waals surface area (Å²) in [6.45, 7) is 5.21. The highest BCUT2D eigenvalue weighted by Gasteiger charge is 2.27. The van der Waals surface area contributed by atoms with E-state index in [2.05, 4.69) is 24.9 Å². The zero-order chi connectivity index (χ0) is 10.6. The molecular formula is C11H15N3. The molecule has 0 aromatic heterocycles. The van der Waals surface area contributed by atoms with E-state index in [0.717, 1.165) is 18.7 Å². The SMILES string of the molecule is CC1(C)CN=C(CC(C#N)CC#N)C1. The molecule has 0 aliphatic carbocycles. The minimum atomic E-state index is -0.173. The van der Waals surface area contributed by atoms with Crippen LogP contribution in [0.3, 0.4) is 0 Å². The number of nitriles is 2. The van der Waals surface area contributed by atoms with Gasteiger partial charge in [-0.1, -0.05) is 13.8 Å². The van der Waals surface area contributed by atoms with E-state index in [9.17, 15) is 0 Å². The van der Waals surface area contributed by atoms with Crippen molar-refractivity contribution in [2.24, 2.45) is 16.3 Å². The third-order valence-electron chi connectivity index (χ3n) is 2.42. The Hall–Kier alpha value is -1.35. The molecule has 1 unspecified atom stereocenters. The molecule has 74 valence electrons. The highest BCUT2D eigenvalue weighted by Crippen LogP contribution is 2.29. The second-order valence-electron chi connectivity index (χ2n) is 4.62. The smallest absolute Gasteiger partial charge is 0.0670 e. The fraction of sp³-hybridized carbons (Fsp3) is 0.727. The van der Waals surface area contributed by atoms with Crippen LogP contribution < -0.4 is 0 Å². The van der Waals surface area contributed by atoms with E-state index in [0.29, 0.717) is 12.8 Å². The number of nitrogens with zero attached hydrogens (tertiary/aromatic N) is 3. The minimum Gasteiger partial charge on any atom is -0.293 e. The van der Waals surface area contributed by atoms with Gasteiger partial charge in [-0.05, 0) is 11.8 Å². The van der Waals surface area contributed by atoms with Gasteiger partial charge in [0.25, 0.3) is 0 Å². The van der Waals surface area contributed by atoms with Gasteiger partial charge in [0.1, 0.15) is 0 Å². The van der Waals surface area contributed by atoms with Crippen LogP contribution in [0.15, 0.2) is 4.99 Å². The standard InChI is InChI=1S/C11H15N3/c1-11(2)6-10(14-8-11)5-9(7-13)3-4-12/h9H,3,5-6,8H2,1-2H3. The fourth-order valence-electron chi connectivity index (χ4n) is 1.68. The average molecular weight is 189 g/mol. The molecule has 0 fully saturated rings. The molecule has 14 heavy (non-hydrogen) atoms. The monoisotopic (exact) mass is 189 g/mol. The van der Waals surface area contributed by atoms with Gasteiger partial charge >= 0.3 is 0 Å². The Morgan fingerprint density at radius 3 is 2.64 bits per heavy atom. The largest absolute Gasteiger partial charge is 0.293 e. The minimum absolute atomic E-state index is 0.173. The first-order valence-corrected chi connectivity index (χ1v) is 4.86. The normalized spacial score (nSPS) is 20.7. The summed E-state index contributed by atoms with van der Waals surface area (Å²) in [5.74, 6) is -0.173. The van der Waals surface area contributed by atoms with Crippen molar-refractivity contribution >= 4 is 5.71 Å². The van der Waals surface area contributed by atoms with Gasteiger partial charge in [0.15, 0.2) is 0 Å². The Morgan fingerprint density at radius 1 is 1.50 bits per heavy atom. The lowest BCUT2D eigenvalue weighted by atomic mass is 9.87. The second-order valence-corrected chi connectivity index (χ2v) is 4.62. The predicted octanol–water partition coefficient (Wildman–Crippen LogP) is 2.30. The first kappa shape index (κ1) is 10.7. The molecule has 1 aliphatic rings. The van der Waals surface area contributed by atoms with Crippen molar-refractivity contribution in [3.8, 4) is 12.1 Å². The zero-order valence-electron chi connectivity index (χ0n) is 8.75. The number of hydrogen-bond acceptors (Lipinski definition) is 3. The summed E-state index contributed by atoms with van der Waals surface area (Å²) in [5.41, 5.74) is 1.36. The van der Waals surface area contributed by atoms with Gasteiger partial charge in [-0.3, -0.25) is 4.99 Å². The van der Waals surface area contributed by atoms with Crippen LogP contribution >= 0.6 is 0 Å². The Bertz CT molecular complexity index is 314. The van der Waals surface area contributed by atoms with Crippen molar-refractivity contribution in [1.29, 1.82) is 10.5 Å². The third kappa shape index (κ3) is 2.85. The summed E-state index contributed by atoms with van der Waals surface area (Å²) < 4.78 is 0. The van der Waals surface area contributed by atoms with Crippen LogP contribution in [-0.4, -0.2) is 12.3 Å². The lowest BCUT2D eigenvalue weighted by Gasteiger charge is -2.14. The third-order valence-corrected chi connectivity index (χ3v) is 2.42. The lowest BCUT2D eigenvalue weighted by molar-refractivity contribution is 0.421. The van der Waals surface area contributed by atoms with Crippen LogP contribution in [-0.2, 0) is 0 Å². The van der Waals surface area contributed by atoms with Crippen LogP contribution in [0.1, 0.15) is 33.1 Å². The van der Waals surface area contributed by atoms with Crippen molar-refractivity contribution in [3.05, 3.63) is 0 Å². The van der Waals surface area contributed by atoms with Crippen LogP contribution in [0.25, 0.3) is 0 Å². The maximum atomic E-state index is 8.79. The molecule has 0 aromatic carbocycles. The molecule has 1 atom stereocenters. The average Bonchev–Trinajstić information content (AvgIpc) is 2.45. The molecule has 1 rings (SSSR count). The van der Waals surface area contributed by atoms with Crippen molar-refractivity contribution < 1.29 is 0 Å². The molecule has 1 heterocycles. The van der Waals surface area contributed by atoms with Crippen molar-refractivity contribution in [3.63, 3.8) is 0 Å². The molecule has 1 aliphatic heterocycles. The molecule has 0 aromatic rings. The highest BCUT2D eigenvalue weighted by atomic mass is 14.8. The quantitative estimate of drug-likeness (QED) is 0.683. The van der Waals surface area contributed by atoms with Crippen molar-refractivity contribution in [1.82, 2.24) is 0 Å². The first-order chi connectivity index (χ1) is 6.57. The number of hydrogen-bond donors (Lipinski definition) is 0. The van der Waals surface area contributed by atoms with Gasteiger partial charge in [0, 0.05) is 18.7 Å². The molecule has 0 amide bonds. The topological polar surface area (TPSA) is 59.9 Å². The summed E-state index contributed by atoms with van der Waals surface area (Å²) >= 11 is 0. The summed E-state index contributed by atoms with van der Waals surface area (Å²) in [6.07, 6.45) is 1.96. The van der Waals surface area contributed by atoms with Gasteiger partial charge in [-0.2, -0.15) is 10.5 Å². The Kier molecular flexibility index (Phi) is 3.25. The fourth-order valence-corrected chi connectivity index (χ4v) is 1.68. The van der Waals surface area contributed by atoms with Gasteiger partial charge in [-0.25, -0.2) is 0 Å². The highest BCUT2D eigenvalue weighted by molar-refractivity contribution is 5.87. The zero-order valence-corrected chi connectivity index (χ0v) is 8.75. The van der Waals surface area contributed by atoms with E-state index in [1.165, 1.54) is 0 Å². The molecule has 0 N–H and O–H groups in total. The van der Waals surface area contributed by atoms with Crippen LogP contribution in [0.4, 0.5) is 0 Å². The van der Waals surface area contributed by atoms with Crippen LogP contribution in [0, 0.1) is 34.0 Å². The molecule has 0 spiro atoms. The van der Waals surface area contributed by atoms with Gasteiger partial charge < -0.3 is 0 Å². The predicted molar refractivity (Wildman–Crippen MR) is 54.7 cm³/mol. The molecule has 3 heteroatoms. The summed E-state index contributed by atoms with van der Waals surface area (Å²) in [5, 5.41) is 17.3. The van der Waals surface area contributed by atoms with E-state index in [4.69, 9.17) is 10.5 Å². The van der Waals surface area contributed by atoms with E-state index in [-0.39, 0.29) is 11.3 Å². The van der Waals surface area contributed by atoms with E-state index >= 15 is 0 Å². The Morgan fingerprint density at radius 2 is 2.21 bits per heavy atom. The van der Waals surface area contributed by atoms with Crippen molar-refractivity contribution in [2.75, 3.05) is 6.54 Å². The summed E-state index contributed by atoms with van der Waals surface area (Å²) in [7, 11) is 0. The molecular weight excluding hydrogens is 174 g/mol. The van der Waals surface area contributed by atoms with Crippen molar-refractivity contribution in [2.45, 2.75) is 33.1 Å². The molecule has 0 bridgehead atoms. The Balaban J connectivity index is 2.47. The second kappa shape index (κ2) is 4.24. The lowest BCUT2D eigenvalue weighted by Crippen LogP contribution is -2.13. The van der Waals surface area contributed by atoms with Crippen LogP contribution in [0.5, 0.6) is 0 Å². The number of rotatable bonds is 3. The Labute approximate surface area is 85.1 Å². The summed E-state index contributed by atoms with van der Waals surface area (Å²) in [6, 6.07) is 4.19. The summed E-state index contributed by atoms with van der Waals surface area (Å²) in [4.78, 5) is 4.41. The maximum absolute atomic E-state index is 8.79. The van der Waals surface area contributed by atoms with Gasteiger partial charge in [-0.15, -0.1) is 0 Å². The molecule has 0 saturated carbocycles. The molecule has 0 saturated heterocycles. The molecule has 0 radical (unpaired) electrons. The van der Waals surface area contributed by atoms with Crippen LogP contribution in [0.2, 0.25) is 0 Å². The van der Waals surface area contributed by atoms with E-state index < -0.39 is 0 Å². The maximum Gasteiger partial charge on any atom is 0.0670 e. The molecule has 3 nitrogen and oxygen atoms in total. The van der Waals surface area contributed by atoms with E-state index in [1.807, 2.05) is 6.07 Å². The van der Waals surface area contributed by atoms with Gasteiger partial charge in [0.05, 0.1) is 24.5 Å². The first-order valence-electron chi connectivity index (χ1n) is 4.86. The van der Waals surface area contributed by atoms with Gasteiger partial charge in [0.2, 0.25) is 0 Å². The number of aliphatic imine (C=N–C) groups is 1. The van der Waals surface area contributed by atoms with E-state index in [1.54, 1.807) is 0 Å².